The Kier molecular flexibility index (Phi) is 5.85. The Morgan fingerprint density at radius 1 is 0.914 bits per heavy atom. The Balaban J connectivity index is 2.10. The fourth-order valence-electron chi connectivity index (χ4n) is 4.23. The summed E-state index contributed by atoms with van der Waals surface area (Å²) in [6.07, 6.45) is 0.970. The summed E-state index contributed by atoms with van der Waals surface area (Å²) in [4.78, 5) is 12.6. The van der Waals surface area contributed by atoms with E-state index in [0.29, 0.717) is 22.6 Å². The van der Waals surface area contributed by atoms with Gasteiger partial charge in [-0.3, -0.25) is 4.79 Å². The van der Waals surface area contributed by atoms with Gasteiger partial charge in [-0.2, -0.15) is 49.2 Å². The molecule has 1 fully saturated rings. The van der Waals surface area contributed by atoms with Crippen molar-refractivity contribution in [2.24, 2.45) is 11.3 Å². The van der Waals surface area contributed by atoms with Crippen LogP contribution in [0.25, 0.3) is 0 Å². The van der Waals surface area contributed by atoms with Crippen LogP contribution in [0.15, 0.2) is 0 Å². The van der Waals surface area contributed by atoms with E-state index in [9.17, 15) is 58.4 Å². The van der Waals surface area contributed by atoms with Crippen LogP contribution >= 0.6 is 11.3 Å². The molecule has 0 aromatic carbocycles. The van der Waals surface area contributed by atoms with Gasteiger partial charge in [0.25, 0.3) is 5.91 Å². The number of anilines is 1. The second kappa shape index (κ2) is 7.45. The maximum Gasteiger partial charge on any atom is 0.384 e. The molecule has 0 saturated heterocycles. The third-order valence-corrected chi connectivity index (χ3v) is 7.75. The molecule has 196 valence electrons. The highest BCUT2D eigenvalue weighted by Gasteiger charge is 3.02. The molecular formula is C20H17F11N2OS. The predicted octanol–water partition coefficient (Wildman–Crippen LogP) is 6.61. The van der Waals surface area contributed by atoms with Gasteiger partial charge in [-0.25, -0.2) is 4.39 Å². The van der Waals surface area contributed by atoms with Crippen molar-refractivity contribution in [3.05, 3.63) is 16.0 Å². The second-order valence-corrected chi connectivity index (χ2v) is 10.7. The fraction of sp³-hybridized carbons (Fsp3) is 0.700. The molecule has 2 aliphatic carbocycles. The molecule has 0 spiro atoms. The topological polar surface area (TPSA) is 52.9 Å². The van der Waals surface area contributed by atoms with Crippen LogP contribution in [0, 0.1) is 22.7 Å². The molecule has 3 nitrogen and oxygen atoms in total. The van der Waals surface area contributed by atoms with Crippen molar-refractivity contribution in [1.29, 1.82) is 5.26 Å². The van der Waals surface area contributed by atoms with E-state index >= 15 is 0 Å². The van der Waals surface area contributed by atoms with Crippen molar-refractivity contribution in [1.82, 2.24) is 0 Å². The van der Waals surface area contributed by atoms with Gasteiger partial charge in [0.2, 0.25) is 0 Å². The Morgan fingerprint density at radius 2 is 1.37 bits per heavy atom. The molecular weight excluding hydrogens is 525 g/mol. The quantitative estimate of drug-likeness (QED) is 0.428. The maximum atomic E-state index is 15.0. The van der Waals surface area contributed by atoms with E-state index in [1.807, 2.05) is 20.8 Å². The number of carbonyl (C=O) groups is 1. The molecule has 15 heteroatoms. The van der Waals surface area contributed by atoms with Crippen molar-refractivity contribution in [3.8, 4) is 6.07 Å². The van der Waals surface area contributed by atoms with Gasteiger partial charge < -0.3 is 5.32 Å². The van der Waals surface area contributed by atoms with E-state index in [1.54, 1.807) is 6.07 Å². The second-order valence-electron chi connectivity index (χ2n) is 9.61. The van der Waals surface area contributed by atoms with Gasteiger partial charge in [0.05, 0.1) is 5.56 Å². The van der Waals surface area contributed by atoms with Crippen molar-refractivity contribution in [2.75, 3.05) is 5.32 Å². The molecule has 35 heavy (non-hydrogen) atoms. The molecule has 0 bridgehead atoms. The molecule has 1 heterocycles. The summed E-state index contributed by atoms with van der Waals surface area (Å²) in [7, 11) is 0. The van der Waals surface area contributed by atoms with E-state index in [1.165, 1.54) is 0 Å². The number of rotatable bonds is 2. The summed E-state index contributed by atoms with van der Waals surface area (Å²) in [5.74, 6) is -40.1. The first-order valence-electron chi connectivity index (χ1n) is 9.98. The van der Waals surface area contributed by atoms with Crippen LogP contribution in [-0.4, -0.2) is 41.2 Å². The number of hydrogen-bond donors (Lipinski definition) is 1. The van der Waals surface area contributed by atoms with Crippen LogP contribution in [0.4, 0.5) is 53.3 Å². The average Bonchev–Trinajstić information content (AvgIpc) is 3.06. The van der Waals surface area contributed by atoms with Gasteiger partial charge in [0.1, 0.15) is 11.1 Å². The molecule has 1 N–H and O–H groups in total. The molecule has 0 radical (unpaired) electrons. The van der Waals surface area contributed by atoms with Crippen molar-refractivity contribution < 1.29 is 53.1 Å². The fourth-order valence-corrected chi connectivity index (χ4v) is 5.50. The van der Waals surface area contributed by atoms with Crippen LogP contribution < -0.4 is 5.32 Å². The highest BCUT2D eigenvalue weighted by molar-refractivity contribution is 7.16. The number of thiophene rings is 1. The Bertz CT molecular complexity index is 1070. The zero-order chi connectivity index (χ0) is 27.2. The number of nitrogens with one attached hydrogen (secondary N) is 1. The molecule has 1 unspecified atom stereocenters. The lowest BCUT2D eigenvalue weighted by molar-refractivity contribution is -0.475. The average molecular weight is 542 g/mol. The zero-order valence-corrected chi connectivity index (χ0v) is 18.9. The van der Waals surface area contributed by atoms with Crippen molar-refractivity contribution in [2.45, 2.75) is 75.3 Å². The minimum Gasteiger partial charge on any atom is -0.313 e. The summed E-state index contributed by atoms with van der Waals surface area (Å²) in [6, 6.07) is 1.55. The molecule has 1 aromatic rings. The van der Waals surface area contributed by atoms with Gasteiger partial charge >= 0.3 is 35.3 Å². The molecule has 1 amide bonds. The van der Waals surface area contributed by atoms with Crippen LogP contribution in [0.5, 0.6) is 0 Å². The zero-order valence-electron chi connectivity index (χ0n) is 18.1. The minimum absolute atomic E-state index is 0.00267. The number of halogens is 11. The molecule has 1 aromatic heterocycles. The lowest BCUT2D eigenvalue weighted by Crippen LogP contribution is -2.86. The third kappa shape index (κ3) is 3.16. The summed E-state index contributed by atoms with van der Waals surface area (Å²) >= 11 is 0.463. The molecule has 2 aliphatic rings. The molecule has 1 saturated carbocycles. The first-order valence-corrected chi connectivity index (χ1v) is 10.8. The van der Waals surface area contributed by atoms with E-state index in [2.05, 4.69) is 0 Å². The summed E-state index contributed by atoms with van der Waals surface area (Å²) in [6.45, 7) is 5.67. The Labute approximate surface area is 195 Å². The number of amides is 1. The normalized spacial score (nSPS) is 27.4. The minimum atomic E-state index is -7.41. The standard InChI is InChI=1S/C20H17F11N2OS/c1-14(2,3)8-4-5-9-10(7-32)12(35-11(9)6-8)33-13(34)15(21)16(22,23)18(26,27)20(30,31)19(28,29)17(15,24)25/h8H,4-6H2,1-3H3,(H,33,34). The number of alkyl halides is 11. The lowest BCUT2D eigenvalue weighted by atomic mass is 9.71. The van der Waals surface area contributed by atoms with Gasteiger partial charge in [-0.05, 0) is 36.2 Å². The van der Waals surface area contributed by atoms with Gasteiger partial charge in [-0.15, -0.1) is 11.3 Å². The van der Waals surface area contributed by atoms with Crippen molar-refractivity contribution in [3.63, 3.8) is 0 Å². The SMILES string of the molecule is CC(C)(C)C1CCc2c(sc(NC(=O)C3(F)C(F)(F)C(F)(F)C(F)(F)C(F)(F)C3(F)F)c2C#N)C1. The predicted molar refractivity (Wildman–Crippen MR) is 101 cm³/mol. The highest BCUT2D eigenvalue weighted by atomic mass is 32.1. The van der Waals surface area contributed by atoms with Crippen LogP contribution in [0.2, 0.25) is 0 Å². The van der Waals surface area contributed by atoms with Crippen LogP contribution in [0.1, 0.15) is 43.2 Å². The summed E-state index contributed by atoms with van der Waals surface area (Å²) < 4.78 is 153. The molecule has 0 aliphatic heterocycles. The van der Waals surface area contributed by atoms with Crippen LogP contribution in [0.3, 0.4) is 0 Å². The van der Waals surface area contributed by atoms with E-state index in [0.717, 1.165) is 5.32 Å². The smallest absolute Gasteiger partial charge is 0.313 e. The Hall–Kier alpha value is -2.11. The number of hydrogen-bond acceptors (Lipinski definition) is 3. The summed E-state index contributed by atoms with van der Waals surface area (Å²) in [5.41, 5.74) is -7.29. The van der Waals surface area contributed by atoms with Gasteiger partial charge in [0, 0.05) is 4.88 Å². The van der Waals surface area contributed by atoms with Crippen LogP contribution in [-0.2, 0) is 17.6 Å². The van der Waals surface area contributed by atoms with E-state index < -0.39 is 51.8 Å². The molecule has 1 atom stereocenters. The van der Waals surface area contributed by atoms with E-state index in [4.69, 9.17) is 0 Å². The van der Waals surface area contributed by atoms with Crippen molar-refractivity contribution >= 4 is 22.2 Å². The monoisotopic (exact) mass is 542 g/mol. The van der Waals surface area contributed by atoms with E-state index in [-0.39, 0.29) is 29.7 Å². The third-order valence-electron chi connectivity index (χ3n) is 6.58. The first-order chi connectivity index (χ1) is 15.5. The number of carbonyl (C=O) groups excluding carboxylic acids is 1. The summed E-state index contributed by atoms with van der Waals surface area (Å²) in [5, 5.41) is 9.67. The first kappa shape index (κ1) is 27.5. The lowest BCUT2D eigenvalue weighted by Gasteiger charge is -2.51. The van der Waals surface area contributed by atoms with Gasteiger partial charge in [-0.1, -0.05) is 20.8 Å². The highest BCUT2D eigenvalue weighted by Crippen LogP contribution is 2.69. The number of fused-ring (bicyclic) bond motifs is 1. The van der Waals surface area contributed by atoms with Gasteiger partial charge in [0.15, 0.2) is 0 Å². The number of nitriles is 1. The maximum absolute atomic E-state index is 15.0. The largest absolute Gasteiger partial charge is 0.384 e. The Morgan fingerprint density at radius 3 is 1.80 bits per heavy atom. The molecule has 3 rings (SSSR count). The number of nitrogens with zero attached hydrogens (tertiary/aromatic N) is 1.